The van der Waals surface area contributed by atoms with Gasteiger partial charge in [-0.1, -0.05) is 12.1 Å². The van der Waals surface area contributed by atoms with Gasteiger partial charge in [0, 0.05) is 30.1 Å². The average Bonchev–Trinajstić information content (AvgIpc) is 2.46. The fraction of sp³-hybridized carbons (Fsp3) is 0.267. The van der Waals surface area contributed by atoms with E-state index in [1.165, 1.54) is 13.2 Å². The number of likely N-dealkylation sites (N-methyl/N-ethyl adjacent to an activating group) is 1. The number of ether oxygens (including phenoxy) is 1. The number of aromatic nitrogens is 1. The molecular formula is C15H17FN2O. The van der Waals surface area contributed by atoms with Crippen molar-refractivity contribution in [2.45, 2.75) is 12.5 Å². The summed E-state index contributed by atoms with van der Waals surface area (Å²) >= 11 is 0. The van der Waals surface area contributed by atoms with Crippen LogP contribution < -0.4 is 10.1 Å². The molecule has 0 aliphatic carbocycles. The monoisotopic (exact) mass is 260 g/mol. The van der Waals surface area contributed by atoms with Gasteiger partial charge in [-0.3, -0.25) is 4.98 Å². The summed E-state index contributed by atoms with van der Waals surface area (Å²) < 4.78 is 19.1. The minimum absolute atomic E-state index is 0.0879. The van der Waals surface area contributed by atoms with Crippen molar-refractivity contribution < 1.29 is 9.13 Å². The summed E-state index contributed by atoms with van der Waals surface area (Å²) in [6.45, 7) is 0. The highest BCUT2D eigenvalue weighted by atomic mass is 19.1. The number of hydrogen-bond donors (Lipinski definition) is 1. The highest BCUT2D eigenvalue weighted by Crippen LogP contribution is 2.24. The lowest BCUT2D eigenvalue weighted by Gasteiger charge is -2.17. The Bertz CT molecular complexity index is 531. The van der Waals surface area contributed by atoms with Crippen LogP contribution >= 0.6 is 0 Å². The molecule has 0 saturated heterocycles. The van der Waals surface area contributed by atoms with E-state index in [2.05, 4.69) is 10.3 Å². The fourth-order valence-corrected chi connectivity index (χ4v) is 2.04. The van der Waals surface area contributed by atoms with E-state index in [1.807, 2.05) is 19.2 Å². The molecule has 0 bridgehead atoms. The summed E-state index contributed by atoms with van der Waals surface area (Å²) in [5, 5.41) is 3.14. The van der Waals surface area contributed by atoms with Gasteiger partial charge in [-0.05, 0) is 31.2 Å². The van der Waals surface area contributed by atoms with E-state index in [0.29, 0.717) is 17.7 Å². The molecule has 1 N–H and O–H groups in total. The van der Waals surface area contributed by atoms with Crippen molar-refractivity contribution >= 4 is 0 Å². The number of benzene rings is 1. The van der Waals surface area contributed by atoms with Crippen molar-refractivity contribution in [1.82, 2.24) is 10.3 Å². The van der Waals surface area contributed by atoms with E-state index in [-0.39, 0.29) is 11.9 Å². The normalized spacial score (nSPS) is 12.2. The minimum atomic E-state index is -0.261. The van der Waals surface area contributed by atoms with Crippen LogP contribution in [0.4, 0.5) is 4.39 Å². The molecule has 1 atom stereocenters. The summed E-state index contributed by atoms with van der Waals surface area (Å²) in [4.78, 5) is 4.07. The average molecular weight is 260 g/mol. The van der Waals surface area contributed by atoms with E-state index in [1.54, 1.807) is 24.5 Å². The Morgan fingerprint density at radius 3 is 2.79 bits per heavy atom. The summed E-state index contributed by atoms with van der Waals surface area (Å²) in [7, 11) is 3.35. The van der Waals surface area contributed by atoms with E-state index < -0.39 is 0 Å². The molecule has 0 aliphatic heterocycles. The molecule has 0 amide bonds. The molecule has 0 spiro atoms. The van der Waals surface area contributed by atoms with Gasteiger partial charge >= 0.3 is 0 Å². The van der Waals surface area contributed by atoms with Gasteiger partial charge in [-0.15, -0.1) is 0 Å². The molecule has 1 aromatic carbocycles. The molecule has 2 aromatic rings. The van der Waals surface area contributed by atoms with Crippen LogP contribution in [0.1, 0.15) is 17.2 Å². The van der Waals surface area contributed by atoms with Gasteiger partial charge in [0.2, 0.25) is 0 Å². The molecule has 3 nitrogen and oxygen atoms in total. The Balaban J connectivity index is 2.22. The zero-order valence-corrected chi connectivity index (χ0v) is 11.1. The number of nitrogens with zero attached hydrogens (tertiary/aromatic N) is 1. The Labute approximate surface area is 112 Å². The van der Waals surface area contributed by atoms with Crippen LogP contribution in [0, 0.1) is 5.82 Å². The third-order valence-electron chi connectivity index (χ3n) is 3.09. The molecule has 0 radical (unpaired) electrons. The molecule has 1 aromatic heterocycles. The van der Waals surface area contributed by atoms with Crippen LogP contribution in [-0.4, -0.2) is 19.1 Å². The Kier molecular flexibility index (Phi) is 4.47. The molecular weight excluding hydrogens is 243 g/mol. The minimum Gasteiger partial charge on any atom is -0.497 e. The third-order valence-corrected chi connectivity index (χ3v) is 3.09. The largest absolute Gasteiger partial charge is 0.497 e. The number of halogens is 1. The predicted molar refractivity (Wildman–Crippen MR) is 72.7 cm³/mol. The van der Waals surface area contributed by atoms with E-state index in [4.69, 9.17) is 4.74 Å². The molecule has 0 aliphatic rings. The first-order valence-corrected chi connectivity index (χ1v) is 6.14. The Hall–Kier alpha value is -1.94. The van der Waals surface area contributed by atoms with Gasteiger partial charge in [0.1, 0.15) is 11.6 Å². The van der Waals surface area contributed by atoms with Gasteiger partial charge in [0.25, 0.3) is 0 Å². The summed E-state index contributed by atoms with van der Waals surface area (Å²) in [5.41, 5.74) is 1.70. The first kappa shape index (κ1) is 13.5. The maximum absolute atomic E-state index is 14.0. The molecule has 0 fully saturated rings. The van der Waals surface area contributed by atoms with Gasteiger partial charge < -0.3 is 10.1 Å². The molecule has 100 valence electrons. The van der Waals surface area contributed by atoms with Crippen molar-refractivity contribution in [2.75, 3.05) is 14.2 Å². The number of pyridine rings is 1. The van der Waals surface area contributed by atoms with E-state index in [9.17, 15) is 4.39 Å². The van der Waals surface area contributed by atoms with E-state index in [0.717, 1.165) is 5.56 Å². The number of rotatable bonds is 5. The maximum atomic E-state index is 14.0. The Morgan fingerprint density at radius 1 is 1.37 bits per heavy atom. The number of methoxy groups -OCH3 is 1. The van der Waals surface area contributed by atoms with Crippen molar-refractivity contribution in [1.29, 1.82) is 0 Å². The molecule has 4 heteroatoms. The first-order chi connectivity index (χ1) is 9.24. The molecule has 0 saturated carbocycles. The highest BCUT2D eigenvalue weighted by Gasteiger charge is 2.15. The molecule has 1 heterocycles. The summed E-state index contributed by atoms with van der Waals surface area (Å²) in [6, 6.07) is 8.71. The molecule has 19 heavy (non-hydrogen) atoms. The zero-order valence-electron chi connectivity index (χ0n) is 11.1. The van der Waals surface area contributed by atoms with Crippen molar-refractivity contribution in [2.24, 2.45) is 0 Å². The van der Waals surface area contributed by atoms with Crippen molar-refractivity contribution in [3.8, 4) is 5.75 Å². The van der Waals surface area contributed by atoms with E-state index >= 15 is 0 Å². The maximum Gasteiger partial charge on any atom is 0.131 e. The highest BCUT2D eigenvalue weighted by molar-refractivity contribution is 5.31. The van der Waals surface area contributed by atoms with Gasteiger partial charge in [0.15, 0.2) is 0 Å². The fourth-order valence-electron chi connectivity index (χ4n) is 2.04. The summed E-state index contributed by atoms with van der Waals surface area (Å²) in [5.74, 6) is 0.264. The topological polar surface area (TPSA) is 34.2 Å². The van der Waals surface area contributed by atoms with Gasteiger partial charge in [0.05, 0.1) is 7.11 Å². The van der Waals surface area contributed by atoms with Crippen molar-refractivity contribution in [3.63, 3.8) is 0 Å². The second-order valence-electron chi connectivity index (χ2n) is 4.29. The zero-order chi connectivity index (χ0) is 13.7. The predicted octanol–water partition coefficient (Wildman–Crippen LogP) is 2.73. The van der Waals surface area contributed by atoms with Crippen LogP contribution in [0.15, 0.2) is 42.7 Å². The third kappa shape index (κ3) is 3.29. The number of hydrogen-bond acceptors (Lipinski definition) is 3. The Morgan fingerprint density at radius 2 is 2.21 bits per heavy atom. The second kappa shape index (κ2) is 6.29. The molecule has 1 unspecified atom stereocenters. The standard InChI is InChI=1S/C15H17FN2O/c1-17-15(8-11-4-3-7-18-10-11)13-6-5-12(19-2)9-14(13)16/h3-7,9-10,15,17H,8H2,1-2H3. The van der Waals surface area contributed by atoms with Crippen LogP contribution in [0.25, 0.3) is 0 Å². The van der Waals surface area contributed by atoms with Crippen molar-refractivity contribution in [3.05, 3.63) is 59.7 Å². The SMILES string of the molecule is CNC(Cc1cccnc1)c1ccc(OC)cc1F. The number of nitrogens with one attached hydrogen (secondary N) is 1. The van der Waals surface area contributed by atoms with Crippen LogP contribution in [0.3, 0.4) is 0 Å². The quantitative estimate of drug-likeness (QED) is 0.897. The first-order valence-electron chi connectivity index (χ1n) is 6.14. The lowest BCUT2D eigenvalue weighted by Crippen LogP contribution is -2.20. The second-order valence-corrected chi connectivity index (χ2v) is 4.29. The van der Waals surface area contributed by atoms with Crippen LogP contribution in [-0.2, 0) is 6.42 Å². The lowest BCUT2D eigenvalue weighted by atomic mass is 9.99. The van der Waals surface area contributed by atoms with Gasteiger partial charge in [-0.25, -0.2) is 4.39 Å². The van der Waals surface area contributed by atoms with Crippen LogP contribution in [0.5, 0.6) is 5.75 Å². The van der Waals surface area contributed by atoms with Gasteiger partial charge in [-0.2, -0.15) is 0 Å². The molecule has 2 rings (SSSR count). The van der Waals surface area contributed by atoms with Crippen LogP contribution in [0.2, 0.25) is 0 Å². The summed E-state index contributed by atoms with van der Waals surface area (Å²) in [6.07, 6.45) is 4.21. The smallest absolute Gasteiger partial charge is 0.131 e. The lowest BCUT2D eigenvalue weighted by molar-refractivity contribution is 0.409.